The largest absolute Gasteiger partial charge is 0.356 e. The number of rotatable bonds is 6. The monoisotopic (exact) mass is 319 g/mol. The molecule has 0 aromatic carbocycles. The lowest BCUT2D eigenvalue weighted by Gasteiger charge is -2.30. The first-order valence-electron chi connectivity index (χ1n) is 8.84. The summed E-state index contributed by atoms with van der Waals surface area (Å²) in [6.07, 6.45) is 5.97. The maximum atomic E-state index is 4.40. The molecule has 1 N–H and O–H groups in total. The molecule has 1 aromatic heterocycles. The zero-order valence-electron chi connectivity index (χ0n) is 15.3. The van der Waals surface area contributed by atoms with Crippen molar-refractivity contribution in [2.24, 2.45) is 18.0 Å². The Morgan fingerprint density at radius 2 is 2.13 bits per heavy atom. The van der Waals surface area contributed by atoms with Crippen molar-refractivity contribution in [2.45, 2.75) is 32.7 Å². The van der Waals surface area contributed by atoms with E-state index in [0.717, 1.165) is 25.0 Å². The average molecular weight is 319 g/mol. The molecule has 0 unspecified atom stereocenters. The van der Waals surface area contributed by atoms with E-state index >= 15 is 0 Å². The molecule has 1 saturated heterocycles. The molecule has 0 radical (unpaired) electrons. The lowest BCUT2D eigenvalue weighted by Crippen LogP contribution is -2.40. The summed E-state index contributed by atoms with van der Waals surface area (Å²) in [5.74, 6) is 1.88. The Morgan fingerprint density at radius 3 is 2.74 bits per heavy atom. The highest BCUT2D eigenvalue weighted by Gasteiger charge is 2.15. The van der Waals surface area contributed by atoms with Gasteiger partial charge in [0.2, 0.25) is 0 Å². The highest BCUT2D eigenvalue weighted by molar-refractivity contribution is 5.79. The molecule has 1 aliphatic heterocycles. The molecule has 0 bridgehead atoms. The molecule has 0 amide bonds. The predicted molar refractivity (Wildman–Crippen MR) is 97.7 cm³/mol. The van der Waals surface area contributed by atoms with Crippen LogP contribution in [0.3, 0.4) is 0 Å². The molecule has 1 aromatic rings. The number of aryl methyl sites for hydroxylation is 1. The molecule has 2 rings (SSSR count). The maximum absolute atomic E-state index is 4.40. The highest BCUT2D eigenvalue weighted by Crippen LogP contribution is 2.15. The van der Waals surface area contributed by atoms with Gasteiger partial charge >= 0.3 is 0 Å². The molecule has 2 heterocycles. The van der Waals surface area contributed by atoms with Crippen LogP contribution in [0.5, 0.6) is 0 Å². The lowest BCUT2D eigenvalue weighted by atomic mass is 9.99. The van der Waals surface area contributed by atoms with Crippen LogP contribution in [0, 0.1) is 5.92 Å². The molecular formula is C18H33N5. The van der Waals surface area contributed by atoms with E-state index in [0.29, 0.717) is 0 Å². The number of nitrogens with zero attached hydrogens (tertiary/aromatic N) is 4. The van der Waals surface area contributed by atoms with Gasteiger partial charge in [-0.25, -0.2) is 0 Å². The Hall–Kier alpha value is -1.49. The van der Waals surface area contributed by atoms with Gasteiger partial charge in [-0.3, -0.25) is 4.99 Å². The minimum atomic E-state index is 0.868. The second-order valence-electron chi connectivity index (χ2n) is 6.82. The number of hydrogen-bond donors (Lipinski definition) is 1. The minimum Gasteiger partial charge on any atom is -0.356 e. The maximum Gasteiger partial charge on any atom is 0.193 e. The fraction of sp³-hybridized carbons (Fsp3) is 0.722. The predicted octanol–water partition coefficient (Wildman–Crippen LogP) is 2.15. The molecule has 1 aliphatic rings. The Bertz CT molecular complexity index is 485. The summed E-state index contributed by atoms with van der Waals surface area (Å²) in [7, 11) is 6.03. The smallest absolute Gasteiger partial charge is 0.193 e. The van der Waals surface area contributed by atoms with E-state index in [-0.39, 0.29) is 0 Å². The van der Waals surface area contributed by atoms with Gasteiger partial charge in [0.15, 0.2) is 5.96 Å². The number of likely N-dealkylation sites (tertiary alicyclic amines) is 1. The summed E-state index contributed by atoms with van der Waals surface area (Å²) < 4.78 is 2.15. The Labute approximate surface area is 141 Å². The van der Waals surface area contributed by atoms with Crippen molar-refractivity contribution in [3.8, 4) is 0 Å². The number of guanidine groups is 1. The third-order valence-electron chi connectivity index (χ3n) is 4.83. The molecule has 130 valence electrons. The highest BCUT2D eigenvalue weighted by atomic mass is 15.3. The van der Waals surface area contributed by atoms with Crippen molar-refractivity contribution in [3.05, 3.63) is 24.0 Å². The summed E-state index contributed by atoms with van der Waals surface area (Å²) in [5, 5.41) is 3.49. The van der Waals surface area contributed by atoms with Crippen LogP contribution in [0.2, 0.25) is 0 Å². The van der Waals surface area contributed by atoms with E-state index in [2.05, 4.69) is 64.0 Å². The summed E-state index contributed by atoms with van der Waals surface area (Å²) in [6, 6.07) is 4.24. The van der Waals surface area contributed by atoms with Crippen LogP contribution in [0.1, 0.15) is 31.9 Å². The summed E-state index contributed by atoms with van der Waals surface area (Å²) >= 11 is 0. The molecule has 5 nitrogen and oxygen atoms in total. The van der Waals surface area contributed by atoms with E-state index in [4.69, 9.17) is 0 Å². The van der Waals surface area contributed by atoms with Gasteiger partial charge in [0.25, 0.3) is 0 Å². The number of hydrogen-bond acceptors (Lipinski definition) is 2. The molecule has 5 heteroatoms. The van der Waals surface area contributed by atoms with Crippen LogP contribution in [0.4, 0.5) is 0 Å². The van der Waals surface area contributed by atoms with Gasteiger partial charge in [0.05, 0.1) is 6.54 Å². The lowest BCUT2D eigenvalue weighted by molar-refractivity contribution is 0.191. The van der Waals surface area contributed by atoms with Crippen LogP contribution in [-0.4, -0.2) is 60.6 Å². The second kappa shape index (κ2) is 8.96. The third-order valence-corrected chi connectivity index (χ3v) is 4.83. The number of piperidine rings is 1. The first kappa shape index (κ1) is 17.9. The molecule has 0 spiro atoms. The summed E-state index contributed by atoms with van der Waals surface area (Å²) in [6.45, 7) is 7.94. The van der Waals surface area contributed by atoms with Gasteiger partial charge in [-0.1, -0.05) is 6.92 Å². The SMILES string of the molecule is CN=C(NCCCN1CCC(C)CC1)N(C)Cc1cccn1C. The second-order valence-corrected chi connectivity index (χ2v) is 6.82. The van der Waals surface area contributed by atoms with Crippen molar-refractivity contribution in [1.82, 2.24) is 19.7 Å². The van der Waals surface area contributed by atoms with Gasteiger partial charge in [0.1, 0.15) is 0 Å². The molecule has 0 saturated carbocycles. The van der Waals surface area contributed by atoms with Crippen molar-refractivity contribution in [3.63, 3.8) is 0 Å². The van der Waals surface area contributed by atoms with Crippen LogP contribution in [0.25, 0.3) is 0 Å². The zero-order chi connectivity index (χ0) is 16.7. The van der Waals surface area contributed by atoms with Gasteiger partial charge in [-0.05, 0) is 56.9 Å². The normalized spacial score (nSPS) is 17.5. The standard InChI is InChI=1S/C18H33N5/c1-16-8-13-23(14-9-16)12-6-10-20-18(19-2)22(4)15-17-7-5-11-21(17)3/h5,7,11,16H,6,8-10,12-15H2,1-4H3,(H,19,20). The first-order valence-corrected chi connectivity index (χ1v) is 8.84. The zero-order valence-corrected chi connectivity index (χ0v) is 15.3. The number of aromatic nitrogens is 1. The van der Waals surface area contributed by atoms with E-state index < -0.39 is 0 Å². The third kappa shape index (κ3) is 5.57. The van der Waals surface area contributed by atoms with E-state index in [1.54, 1.807) is 0 Å². The number of nitrogens with one attached hydrogen (secondary N) is 1. The van der Waals surface area contributed by atoms with E-state index in [1.165, 1.54) is 44.6 Å². The Balaban J connectivity index is 1.67. The topological polar surface area (TPSA) is 35.8 Å². The van der Waals surface area contributed by atoms with Gasteiger partial charge < -0.3 is 19.7 Å². The summed E-state index contributed by atoms with van der Waals surface area (Å²) in [4.78, 5) is 9.17. The van der Waals surface area contributed by atoms with Crippen molar-refractivity contribution >= 4 is 5.96 Å². The quantitative estimate of drug-likeness (QED) is 0.496. The van der Waals surface area contributed by atoms with Gasteiger partial charge in [0, 0.05) is 39.6 Å². The van der Waals surface area contributed by atoms with Crippen molar-refractivity contribution < 1.29 is 0 Å². The van der Waals surface area contributed by atoms with Crippen LogP contribution in [-0.2, 0) is 13.6 Å². The van der Waals surface area contributed by atoms with E-state index in [9.17, 15) is 0 Å². The first-order chi connectivity index (χ1) is 11.1. The molecule has 1 fully saturated rings. The minimum absolute atomic E-state index is 0.868. The summed E-state index contributed by atoms with van der Waals surface area (Å²) in [5.41, 5.74) is 1.29. The van der Waals surface area contributed by atoms with Gasteiger partial charge in [-0.15, -0.1) is 0 Å². The molecule has 0 aliphatic carbocycles. The molecule has 23 heavy (non-hydrogen) atoms. The number of aliphatic imine (C=N–C) groups is 1. The van der Waals surface area contributed by atoms with Crippen molar-refractivity contribution in [2.75, 3.05) is 40.3 Å². The Kier molecular flexibility index (Phi) is 6.96. The fourth-order valence-corrected chi connectivity index (χ4v) is 3.15. The average Bonchev–Trinajstić information content (AvgIpc) is 2.94. The molecular weight excluding hydrogens is 286 g/mol. The van der Waals surface area contributed by atoms with Crippen LogP contribution < -0.4 is 5.32 Å². The van der Waals surface area contributed by atoms with Crippen molar-refractivity contribution in [1.29, 1.82) is 0 Å². The van der Waals surface area contributed by atoms with Crippen LogP contribution >= 0.6 is 0 Å². The van der Waals surface area contributed by atoms with E-state index in [1.807, 2.05) is 7.05 Å². The molecule has 0 atom stereocenters. The fourth-order valence-electron chi connectivity index (χ4n) is 3.15. The van der Waals surface area contributed by atoms with Crippen LogP contribution in [0.15, 0.2) is 23.3 Å². The van der Waals surface area contributed by atoms with Gasteiger partial charge in [-0.2, -0.15) is 0 Å². The Morgan fingerprint density at radius 1 is 1.39 bits per heavy atom.